The van der Waals surface area contributed by atoms with Gasteiger partial charge in [-0.25, -0.2) is 4.79 Å². The van der Waals surface area contributed by atoms with Gasteiger partial charge in [-0.15, -0.1) is 0 Å². The SMILES string of the molecule is COc1c(O)ccc2c1C(=O)c1c(cc(O)c3c1[C@@H](c1ccccc1)OC3=O)C2=O. The minimum Gasteiger partial charge on any atom is -0.507 e. The molecule has 0 spiro atoms. The van der Waals surface area contributed by atoms with Gasteiger partial charge in [-0.1, -0.05) is 30.3 Å². The predicted molar refractivity (Wildman–Crippen MR) is 103 cm³/mol. The summed E-state index contributed by atoms with van der Waals surface area (Å²) >= 11 is 0. The fourth-order valence-corrected chi connectivity index (χ4v) is 4.14. The number of aromatic hydroxyl groups is 2. The summed E-state index contributed by atoms with van der Waals surface area (Å²) in [5.74, 6) is -2.75. The molecule has 1 heterocycles. The first-order chi connectivity index (χ1) is 14.4. The molecule has 0 amide bonds. The third-order valence-electron chi connectivity index (χ3n) is 5.42. The van der Waals surface area contributed by atoms with Gasteiger partial charge in [0.05, 0.1) is 12.7 Å². The average Bonchev–Trinajstić information content (AvgIpc) is 3.10. The van der Waals surface area contributed by atoms with Crippen LogP contribution in [0.1, 0.15) is 59.4 Å². The van der Waals surface area contributed by atoms with Crippen LogP contribution in [-0.4, -0.2) is 34.9 Å². The van der Waals surface area contributed by atoms with Gasteiger partial charge in [0.2, 0.25) is 0 Å². The Bertz CT molecular complexity index is 1270. The zero-order valence-corrected chi connectivity index (χ0v) is 15.6. The molecule has 3 aromatic rings. The summed E-state index contributed by atoms with van der Waals surface area (Å²) in [6.45, 7) is 0. The van der Waals surface area contributed by atoms with Crippen LogP contribution in [0.15, 0.2) is 48.5 Å². The number of fused-ring (bicyclic) bond motifs is 4. The van der Waals surface area contributed by atoms with Crippen LogP contribution < -0.4 is 4.74 Å². The largest absolute Gasteiger partial charge is 0.507 e. The monoisotopic (exact) mass is 402 g/mol. The number of hydrogen-bond acceptors (Lipinski definition) is 7. The van der Waals surface area contributed by atoms with Crippen LogP contribution in [0.4, 0.5) is 0 Å². The molecule has 0 aromatic heterocycles. The Morgan fingerprint density at radius 1 is 0.833 bits per heavy atom. The lowest BCUT2D eigenvalue weighted by molar-refractivity contribution is 0.0452. The molecule has 0 saturated carbocycles. The molecule has 7 nitrogen and oxygen atoms in total. The van der Waals surface area contributed by atoms with Gasteiger partial charge in [0.25, 0.3) is 0 Å². The number of ketones is 2. The Morgan fingerprint density at radius 3 is 2.27 bits per heavy atom. The van der Waals surface area contributed by atoms with E-state index in [1.165, 1.54) is 19.2 Å². The third kappa shape index (κ3) is 2.23. The first-order valence-corrected chi connectivity index (χ1v) is 9.09. The quantitative estimate of drug-likeness (QED) is 0.496. The predicted octanol–water partition coefficient (Wildman–Crippen LogP) is 3.14. The molecule has 0 radical (unpaired) electrons. The van der Waals surface area contributed by atoms with Crippen LogP contribution in [-0.2, 0) is 4.74 Å². The summed E-state index contributed by atoms with van der Waals surface area (Å²) in [6.07, 6.45) is -0.962. The molecule has 3 aromatic carbocycles. The highest BCUT2D eigenvalue weighted by molar-refractivity contribution is 6.31. The molecule has 0 bridgehead atoms. The van der Waals surface area contributed by atoms with Crippen molar-refractivity contribution in [1.82, 2.24) is 0 Å². The van der Waals surface area contributed by atoms with Gasteiger partial charge in [0.15, 0.2) is 29.2 Å². The Labute approximate surface area is 170 Å². The maximum absolute atomic E-state index is 13.5. The van der Waals surface area contributed by atoms with Crippen LogP contribution in [0.3, 0.4) is 0 Å². The Morgan fingerprint density at radius 2 is 1.57 bits per heavy atom. The van der Waals surface area contributed by atoms with Crippen LogP contribution >= 0.6 is 0 Å². The molecule has 1 aliphatic carbocycles. The molecule has 2 aliphatic rings. The molecule has 2 N–H and O–H groups in total. The number of carbonyl (C=O) groups excluding carboxylic acids is 3. The van der Waals surface area contributed by atoms with Crippen molar-refractivity contribution >= 4 is 17.5 Å². The molecule has 30 heavy (non-hydrogen) atoms. The van der Waals surface area contributed by atoms with Crippen molar-refractivity contribution in [1.29, 1.82) is 0 Å². The number of cyclic esters (lactones) is 1. The van der Waals surface area contributed by atoms with E-state index in [4.69, 9.17) is 9.47 Å². The van der Waals surface area contributed by atoms with E-state index in [1.807, 2.05) is 0 Å². The Kier molecular flexibility index (Phi) is 3.70. The smallest absolute Gasteiger partial charge is 0.343 e. The van der Waals surface area contributed by atoms with Crippen molar-refractivity contribution in [3.8, 4) is 17.2 Å². The lowest BCUT2D eigenvalue weighted by Gasteiger charge is -2.23. The molecule has 1 atom stereocenters. The van der Waals surface area contributed by atoms with Crippen molar-refractivity contribution in [2.75, 3.05) is 7.11 Å². The van der Waals surface area contributed by atoms with E-state index in [1.54, 1.807) is 30.3 Å². The van der Waals surface area contributed by atoms with E-state index < -0.39 is 29.4 Å². The van der Waals surface area contributed by atoms with Crippen LogP contribution in [0.5, 0.6) is 17.2 Å². The van der Waals surface area contributed by atoms with Crippen molar-refractivity contribution in [3.05, 3.63) is 87.5 Å². The van der Waals surface area contributed by atoms with Gasteiger partial charge in [-0.05, 0) is 23.8 Å². The summed E-state index contributed by atoms with van der Waals surface area (Å²) in [5, 5.41) is 20.6. The van der Waals surface area contributed by atoms with Crippen LogP contribution in [0.2, 0.25) is 0 Å². The zero-order valence-electron chi connectivity index (χ0n) is 15.6. The van der Waals surface area contributed by atoms with Crippen molar-refractivity contribution in [2.24, 2.45) is 0 Å². The number of carbonyl (C=O) groups is 3. The molecule has 5 rings (SSSR count). The number of rotatable bonds is 2. The number of benzene rings is 3. The maximum atomic E-state index is 13.5. The zero-order chi connectivity index (χ0) is 21.2. The number of phenols is 2. The Hall–Kier alpha value is -4.13. The first-order valence-electron chi connectivity index (χ1n) is 9.09. The number of methoxy groups -OCH3 is 1. The highest BCUT2D eigenvalue weighted by atomic mass is 16.5. The van der Waals surface area contributed by atoms with E-state index in [0.717, 1.165) is 6.07 Å². The van der Waals surface area contributed by atoms with Gasteiger partial charge in [0.1, 0.15) is 11.3 Å². The van der Waals surface area contributed by atoms with E-state index in [0.29, 0.717) is 5.56 Å². The maximum Gasteiger partial charge on any atom is 0.343 e. The van der Waals surface area contributed by atoms with Gasteiger partial charge >= 0.3 is 5.97 Å². The van der Waals surface area contributed by atoms with Crippen molar-refractivity contribution < 1.29 is 34.1 Å². The lowest BCUT2D eigenvalue weighted by atomic mass is 9.78. The molecular formula is C23H14O7. The molecule has 148 valence electrons. The van der Waals surface area contributed by atoms with E-state index in [9.17, 15) is 24.6 Å². The molecule has 0 unspecified atom stereocenters. The van der Waals surface area contributed by atoms with Gasteiger partial charge in [0, 0.05) is 22.3 Å². The minimum atomic E-state index is -0.962. The highest BCUT2D eigenvalue weighted by Gasteiger charge is 2.44. The molecule has 7 heteroatoms. The second-order valence-electron chi connectivity index (χ2n) is 7.00. The summed E-state index contributed by atoms with van der Waals surface area (Å²) in [7, 11) is 1.28. The lowest BCUT2D eigenvalue weighted by Crippen LogP contribution is -2.24. The van der Waals surface area contributed by atoms with Crippen molar-refractivity contribution in [3.63, 3.8) is 0 Å². The molecule has 0 saturated heterocycles. The summed E-state index contributed by atoms with van der Waals surface area (Å²) in [6, 6.07) is 12.4. The van der Waals surface area contributed by atoms with E-state index in [2.05, 4.69) is 0 Å². The minimum absolute atomic E-state index is 0.0317. The van der Waals surface area contributed by atoms with Gasteiger partial charge in [-0.3, -0.25) is 9.59 Å². The summed E-state index contributed by atoms with van der Waals surface area (Å²) < 4.78 is 10.7. The van der Waals surface area contributed by atoms with E-state index in [-0.39, 0.29) is 44.9 Å². The van der Waals surface area contributed by atoms with Crippen molar-refractivity contribution in [2.45, 2.75) is 6.10 Å². The Balaban J connectivity index is 1.85. The highest BCUT2D eigenvalue weighted by Crippen LogP contribution is 2.47. The second-order valence-corrected chi connectivity index (χ2v) is 7.00. The summed E-state index contributed by atoms with van der Waals surface area (Å²) in [4.78, 5) is 39.3. The average molecular weight is 402 g/mol. The van der Waals surface area contributed by atoms with Crippen LogP contribution in [0.25, 0.3) is 0 Å². The molecular weight excluding hydrogens is 388 g/mol. The number of phenolic OH excluding ortho intramolecular Hbond substituents is 2. The number of ether oxygens (including phenoxy) is 2. The van der Waals surface area contributed by atoms with Crippen LogP contribution in [0, 0.1) is 0 Å². The summed E-state index contributed by atoms with van der Waals surface area (Å²) in [5.41, 5.74) is 0.463. The number of hydrogen-bond donors (Lipinski definition) is 2. The fraction of sp³-hybridized carbons (Fsp3) is 0.0870. The normalized spacial score (nSPS) is 16.6. The van der Waals surface area contributed by atoms with E-state index >= 15 is 0 Å². The topological polar surface area (TPSA) is 110 Å². The standard InChI is InChI=1S/C23H14O7/c1-29-22-13(24)8-7-11-16(22)20(27)15-12(19(11)26)9-14(25)17-18(15)21(30-23(17)28)10-5-3-2-4-6-10/h2-9,21,24-25H,1H3/t21-/m1/s1. The first kappa shape index (κ1) is 17.9. The third-order valence-corrected chi connectivity index (χ3v) is 5.42. The van der Waals surface area contributed by atoms with Gasteiger partial charge < -0.3 is 19.7 Å². The molecule has 0 fully saturated rings. The van der Waals surface area contributed by atoms with Gasteiger partial charge in [-0.2, -0.15) is 0 Å². The fourth-order valence-electron chi connectivity index (χ4n) is 4.14. The second kappa shape index (κ2) is 6.18. The molecule has 1 aliphatic heterocycles. The number of esters is 1.